The van der Waals surface area contributed by atoms with Gasteiger partial charge < -0.3 is 23.9 Å². The fraction of sp³-hybridized carbons (Fsp3) is 0.188. The van der Waals surface area contributed by atoms with Crippen LogP contribution in [0.1, 0.15) is 0 Å². The molecule has 22 heavy (non-hydrogen) atoms. The molecule has 112 valence electrons. The van der Waals surface area contributed by atoms with E-state index in [9.17, 15) is 0 Å². The van der Waals surface area contributed by atoms with E-state index in [0.717, 1.165) is 33.9 Å². The third-order valence-electron chi connectivity index (χ3n) is 3.63. The van der Waals surface area contributed by atoms with Crippen molar-refractivity contribution in [2.45, 2.75) is 0 Å². The molecule has 0 fully saturated rings. The van der Waals surface area contributed by atoms with Crippen LogP contribution in [0, 0.1) is 0 Å². The van der Waals surface area contributed by atoms with Gasteiger partial charge in [0.2, 0.25) is 6.79 Å². The van der Waals surface area contributed by atoms with Gasteiger partial charge in [-0.2, -0.15) is 0 Å². The van der Waals surface area contributed by atoms with Crippen LogP contribution in [0.5, 0.6) is 23.0 Å². The first-order valence-electron chi connectivity index (χ1n) is 6.80. The third kappa shape index (κ3) is 1.92. The minimum absolute atomic E-state index is 0.257. The molecule has 0 saturated heterocycles. The Morgan fingerprint density at radius 3 is 2.59 bits per heavy atom. The summed E-state index contributed by atoms with van der Waals surface area (Å²) in [6.45, 7) is 0.257. The highest BCUT2D eigenvalue weighted by molar-refractivity contribution is 5.83. The number of aromatic amines is 1. The smallest absolute Gasteiger partial charge is 0.231 e. The maximum Gasteiger partial charge on any atom is 0.231 e. The Kier molecular flexibility index (Phi) is 2.82. The molecule has 1 N–H and O–H groups in total. The van der Waals surface area contributed by atoms with Gasteiger partial charge in [-0.25, -0.2) is 4.98 Å². The van der Waals surface area contributed by atoms with Gasteiger partial charge >= 0.3 is 0 Å². The number of nitrogens with one attached hydrogen (secondary N) is 1. The molecule has 1 aliphatic rings. The second kappa shape index (κ2) is 4.84. The van der Waals surface area contributed by atoms with Crippen LogP contribution < -0.4 is 18.9 Å². The zero-order valence-electron chi connectivity index (χ0n) is 12.2. The maximum absolute atomic E-state index is 5.40. The molecule has 0 amide bonds. The molecule has 0 atom stereocenters. The molecule has 4 rings (SSSR count). The van der Waals surface area contributed by atoms with Crippen molar-refractivity contribution in [1.82, 2.24) is 9.97 Å². The van der Waals surface area contributed by atoms with E-state index < -0.39 is 0 Å². The lowest BCUT2D eigenvalue weighted by molar-refractivity contribution is 0.174. The molecule has 0 radical (unpaired) electrons. The summed E-state index contributed by atoms with van der Waals surface area (Å²) in [4.78, 5) is 7.89. The van der Waals surface area contributed by atoms with Crippen molar-refractivity contribution in [2.75, 3.05) is 21.0 Å². The van der Waals surface area contributed by atoms with E-state index in [1.54, 1.807) is 14.2 Å². The third-order valence-corrected chi connectivity index (χ3v) is 3.63. The Labute approximate surface area is 126 Å². The molecule has 1 aromatic heterocycles. The van der Waals surface area contributed by atoms with Crippen LogP contribution in [0.2, 0.25) is 0 Å². The minimum atomic E-state index is 0.257. The lowest BCUT2D eigenvalue weighted by Gasteiger charge is -2.06. The molecule has 0 saturated carbocycles. The number of aromatic nitrogens is 2. The zero-order chi connectivity index (χ0) is 15.1. The van der Waals surface area contributed by atoms with E-state index in [1.165, 1.54) is 0 Å². The molecule has 0 spiro atoms. The van der Waals surface area contributed by atoms with Crippen molar-refractivity contribution in [3.63, 3.8) is 0 Å². The second-order valence-electron chi connectivity index (χ2n) is 4.88. The summed E-state index contributed by atoms with van der Waals surface area (Å²) in [5.41, 5.74) is 2.62. The number of imidazole rings is 1. The number of nitrogens with zero attached hydrogens (tertiary/aromatic N) is 1. The highest BCUT2D eigenvalue weighted by atomic mass is 16.7. The number of rotatable bonds is 3. The molecule has 6 nitrogen and oxygen atoms in total. The summed E-state index contributed by atoms with van der Waals surface area (Å²) in [7, 11) is 3.22. The van der Waals surface area contributed by atoms with Gasteiger partial charge in [0.05, 0.1) is 25.3 Å². The first-order valence-corrected chi connectivity index (χ1v) is 6.80. The molecular formula is C16H14N2O4. The highest BCUT2D eigenvalue weighted by Crippen LogP contribution is 2.37. The van der Waals surface area contributed by atoms with Crippen LogP contribution in [-0.2, 0) is 0 Å². The topological polar surface area (TPSA) is 65.6 Å². The first kappa shape index (κ1) is 12.8. The summed E-state index contributed by atoms with van der Waals surface area (Å²) in [5.74, 6) is 3.55. The monoisotopic (exact) mass is 298 g/mol. The predicted molar refractivity (Wildman–Crippen MR) is 80.8 cm³/mol. The van der Waals surface area contributed by atoms with Gasteiger partial charge in [0.15, 0.2) is 23.0 Å². The van der Waals surface area contributed by atoms with Crippen molar-refractivity contribution in [2.24, 2.45) is 0 Å². The number of methoxy groups -OCH3 is 2. The predicted octanol–water partition coefficient (Wildman–Crippen LogP) is 2.98. The number of ether oxygens (including phenoxy) is 4. The molecule has 1 aliphatic heterocycles. The number of benzene rings is 2. The Morgan fingerprint density at radius 1 is 1.00 bits per heavy atom. The number of fused-ring (bicyclic) bond motifs is 2. The molecule has 2 aromatic carbocycles. The molecule has 2 heterocycles. The van der Waals surface area contributed by atoms with E-state index >= 15 is 0 Å². The van der Waals surface area contributed by atoms with Crippen molar-refractivity contribution in [3.8, 4) is 34.4 Å². The lowest BCUT2D eigenvalue weighted by Crippen LogP contribution is -1.92. The maximum atomic E-state index is 5.40. The average molecular weight is 298 g/mol. The quantitative estimate of drug-likeness (QED) is 0.805. The van der Waals surface area contributed by atoms with Gasteiger partial charge in [-0.3, -0.25) is 0 Å². The largest absolute Gasteiger partial charge is 0.493 e. The van der Waals surface area contributed by atoms with Crippen LogP contribution in [0.25, 0.3) is 22.4 Å². The SMILES string of the molecule is COc1cc2nc(-c3ccc4c(c3)OCO4)[nH]c2cc1OC. The number of hydrogen-bond acceptors (Lipinski definition) is 5. The molecule has 6 heteroatoms. The summed E-state index contributed by atoms with van der Waals surface area (Å²) < 4.78 is 21.3. The van der Waals surface area contributed by atoms with Crippen LogP contribution in [0.3, 0.4) is 0 Å². The molecule has 0 bridgehead atoms. The lowest BCUT2D eigenvalue weighted by atomic mass is 10.2. The van der Waals surface area contributed by atoms with Gasteiger partial charge in [-0.05, 0) is 18.2 Å². The average Bonchev–Trinajstić information content (AvgIpc) is 3.18. The Hall–Kier alpha value is -2.89. The fourth-order valence-corrected chi connectivity index (χ4v) is 2.52. The van der Waals surface area contributed by atoms with E-state index in [4.69, 9.17) is 18.9 Å². The van der Waals surface area contributed by atoms with E-state index in [0.29, 0.717) is 11.5 Å². The van der Waals surface area contributed by atoms with Gasteiger partial charge in [-0.15, -0.1) is 0 Å². The van der Waals surface area contributed by atoms with Crippen LogP contribution in [0.15, 0.2) is 30.3 Å². The summed E-state index contributed by atoms with van der Waals surface area (Å²) >= 11 is 0. The van der Waals surface area contributed by atoms with Crippen LogP contribution in [-0.4, -0.2) is 31.0 Å². The van der Waals surface area contributed by atoms with Crippen LogP contribution in [0.4, 0.5) is 0 Å². The van der Waals surface area contributed by atoms with Gasteiger partial charge in [0.1, 0.15) is 5.82 Å². The van der Waals surface area contributed by atoms with Crippen molar-refractivity contribution in [3.05, 3.63) is 30.3 Å². The normalized spacial score (nSPS) is 12.6. The zero-order valence-corrected chi connectivity index (χ0v) is 12.2. The van der Waals surface area contributed by atoms with Gasteiger partial charge in [-0.1, -0.05) is 0 Å². The Bertz CT molecular complexity index is 816. The van der Waals surface area contributed by atoms with Crippen molar-refractivity contribution in [1.29, 1.82) is 0 Å². The second-order valence-corrected chi connectivity index (χ2v) is 4.88. The Morgan fingerprint density at radius 2 is 1.77 bits per heavy atom. The van der Waals surface area contributed by atoms with E-state index in [2.05, 4.69) is 9.97 Å². The van der Waals surface area contributed by atoms with Crippen molar-refractivity contribution < 1.29 is 18.9 Å². The number of hydrogen-bond donors (Lipinski definition) is 1. The van der Waals surface area contributed by atoms with Gasteiger partial charge in [0.25, 0.3) is 0 Å². The highest BCUT2D eigenvalue weighted by Gasteiger charge is 2.16. The number of H-pyrrole nitrogens is 1. The molecule has 0 unspecified atom stereocenters. The summed E-state index contributed by atoms with van der Waals surface area (Å²) in [5, 5.41) is 0. The Balaban J connectivity index is 1.82. The molecular weight excluding hydrogens is 284 g/mol. The minimum Gasteiger partial charge on any atom is -0.493 e. The first-order chi connectivity index (χ1) is 10.8. The van der Waals surface area contributed by atoms with E-state index in [-0.39, 0.29) is 6.79 Å². The molecule has 0 aliphatic carbocycles. The summed E-state index contributed by atoms with van der Waals surface area (Å²) in [6, 6.07) is 9.46. The van der Waals surface area contributed by atoms with E-state index in [1.807, 2.05) is 30.3 Å². The fourth-order valence-electron chi connectivity index (χ4n) is 2.52. The van der Waals surface area contributed by atoms with Crippen LogP contribution >= 0.6 is 0 Å². The standard InChI is InChI=1S/C16H14N2O4/c1-19-13-6-10-11(7-14(13)20-2)18-16(17-10)9-3-4-12-15(5-9)22-8-21-12/h3-7H,8H2,1-2H3,(H,17,18). The van der Waals surface area contributed by atoms with Crippen molar-refractivity contribution >= 4 is 11.0 Å². The summed E-state index contributed by atoms with van der Waals surface area (Å²) in [6.07, 6.45) is 0. The van der Waals surface area contributed by atoms with Gasteiger partial charge in [0, 0.05) is 17.7 Å². The molecule has 3 aromatic rings.